The summed E-state index contributed by atoms with van der Waals surface area (Å²) in [5, 5.41) is 13.6. The Bertz CT molecular complexity index is 1430. The number of thiol groups is 1. The second-order valence-electron chi connectivity index (χ2n) is 9.49. The highest BCUT2D eigenvalue weighted by Crippen LogP contribution is 2.37. The van der Waals surface area contributed by atoms with Gasteiger partial charge in [0, 0.05) is 23.5 Å². The Morgan fingerprint density at radius 2 is 1.67 bits per heavy atom. The number of aromatic nitrogens is 2. The van der Waals surface area contributed by atoms with Crippen LogP contribution in [-0.2, 0) is 15.1 Å². The molecule has 0 aliphatic carbocycles. The van der Waals surface area contributed by atoms with Crippen LogP contribution in [0.4, 0.5) is 10.1 Å². The Balaban J connectivity index is 1.82. The highest BCUT2D eigenvalue weighted by molar-refractivity contribution is 7.82. The van der Waals surface area contributed by atoms with Gasteiger partial charge in [-0.3, -0.25) is 24.5 Å². The smallest absolute Gasteiger partial charge is 0.270 e. The average molecular weight is 545 g/mol. The number of rotatable bonds is 8. The maximum Gasteiger partial charge on any atom is 0.270 e. The fourth-order valence-electron chi connectivity index (χ4n) is 4.27. The largest absolute Gasteiger partial charge is 0.371 e. The molecule has 4 rings (SSSR count). The highest BCUT2D eigenvalue weighted by Gasteiger charge is 2.49. The second-order valence-corrected chi connectivity index (χ2v) is 10.4. The number of carbonyl (C=O) groups is 2. The molecule has 2 N–H and O–H groups in total. The van der Waals surface area contributed by atoms with Gasteiger partial charge in [-0.1, -0.05) is 48.5 Å². The number of carbonyl (C=O) groups excluding carboxylic acids is 2. The molecule has 4 aromatic rings. The third-order valence-corrected chi connectivity index (χ3v) is 6.71. The van der Waals surface area contributed by atoms with Gasteiger partial charge in [0.2, 0.25) is 0 Å². The van der Waals surface area contributed by atoms with Gasteiger partial charge < -0.3 is 10.4 Å². The van der Waals surface area contributed by atoms with Crippen molar-refractivity contribution in [2.75, 3.05) is 4.90 Å². The van der Waals surface area contributed by atoms with Crippen molar-refractivity contribution < 1.29 is 19.1 Å². The third-order valence-electron chi connectivity index (χ3n) is 6.51. The van der Waals surface area contributed by atoms with Crippen LogP contribution in [0.25, 0.3) is 11.3 Å². The number of aliphatic hydroxyl groups is 1. The first-order valence-corrected chi connectivity index (χ1v) is 12.7. The van der Waals surface area contributed by atoms with E-state index < -0.39 is 34.1 Å². The van der Waals surface area contributed by atoms with Crippen LogP contribution in [0.3, 0.4) is 0 Å². The van der Waals surface area contributed by atoms with E-state index in [-0.39, 0.29) is 5.69 Å². The van der Waals surface area contributed by atoms with Crippen molar-refractivity contribution in [1.82, 2.24) is 15.3 Å². The molecule has 0 saturated heterocycles. The number of hydrogen-bond acceptors (Lipinski definition) is 6. The standard InChI is InChI=1S/C30H29FN4O3S/c1-20(21-11-13-24(31)14-12-21)34-27(36)29(2,23-10-7-17-32-18-23)35(28(37)30(3,38)39)25-15-16-26(33-19-25)22-8-5-4-6-9-22/h4-20,38-39H,1-3H3,(H,34,36)/t20-,29+,30-/m0/s1. The molecular weight excluding hydrogens is 515 g/mol. The number of halogens is 1. The molecule has 2 aromatic heterocycles. The number of nitrogens with one attached hydrogen (secondary N) is 1. The molecule has 0 bridgehead atoms. The van der Waals surface area contributed by atoms with E-state index in [2.05, 4.69) is 27.9 Å². The molecule has 3 atom stereocenters. The molecule has 0 aliphatic heterocycles. The Morgan fingerprint density at radius 3 is 2.23 bits per heavy atom. The quantitative estimate of drug-likeness (QED) is 0.213. The Labute approximate surface area is 232 Å². The first-order valence-electron chi connectivity index (χ1n) is 12.3. The van der Waals surface area contributed by atoms with E-state index in [1.54, 1.807) is 56.4 Å². The first-order chi connectivity index (χ1) is 18.5. The van der Waals surface area contributed by atoms with Gasteiger partial charge in [-0.15, -0.1) is 12.6 Å². The van der Waals surface area contributed by atoms with Crippen LogP contribution in [0.5, 0.6) is 0 Å². The second kappa shape index (κ2) is 11.3. The number of hydrogen-bond donors (Lipinski definition) is 3. The number of nitrogens with zero attached hydrogens (tertiary/aromatic N) is 3. The van der Waals surface area contributed by atoms with E-state index in [0.29, 0.717) is 16.8 Å². The fraction of sp³-hybridized carbons (Fsp3) is 0.200. The van der Waals surface area contributed by atoms with Crippen LogP contribution >= 0.6 is 12.6 Å². The number of amides is 2. The summed E-state index contributed by atoms with van der Waals surface area (Å²) in [6.07, 6.45) is 4.52. The maximum absolute atomic E-state index is 14.1. The maximum atomic E-state index is 14.1. The summed E-state index contributed by atoms with van der Waals surface area (Å²) >= 11 is 4.13. The van der Waals surface area contributed by atoms with Gasteiger partial charge in [-0.2, -0.15) is 0 Å². The monoisotopic (exact) mass is 544 g/mol. The van der Waals surface area contributed by atoms with Gasteiger partial charge >= 0.3 is 0 Å². The number of anilines is 1. The van der Waals surface area contributed by atoms with Crippen molar-refractivity contribution in [3.63, 3.8) is 0 Å². The first kappa shape index (κ1) is 27.9. The van der Waals surface area contributed by atoms with Gasteiger partial charge in [-0.25, -0.2) is 4.39 Å². The highest BCUT2D eigenvalue weighted by atomic mass is 32.1. The van der Waals surface area contributed by atoms with Crippen LogP contribution in [0.15, 0.2) is 97.5 Å². The van der Waals surface area contributed by atoms with Crippen molar-refractivity contribution in [2.24, 2.45) is 0 Å². The minimum absolute atomic E-state index is 0.268. The lowest BCUT2D eigenvalue weighted by atomic mass is 9.88. The molecule has 200 valence electrons. The topological polar surface area (TPSA) is 95.4 Å². The molecule has 0 radical (unpaired) electrons. The van der Waals surface area contributed by atoms with Gasteiger partial charge in [0.1, 0.15) is 5.82 Å². The van der Waals surface area contributed by atoms with Gasteiger partial charge in [0.05, 0.1) is 23.6 Å². The summed E-state index contributed by atoms with van der Waals surface area (Å²) in [4.78, 5) is 35.7. The normalized spacial score (nSPS) is 14.9. The Morgan fingerprint density at radius 1 is 0.974 bits per heavy atom. The molecule has 2 aromatic carbocycles. The lowest BCUT2D eigenvalue weighted by Crippen LogP contribution is -2.61. The molecule has 9 heteroatoms. The number of pyridine rings is 2. The van der Waals surface area contributed by atoms with Crippen molar-refractivity contribution in [3.05, 3.63) is 114 Å². The fourth-order valence-corrected chi connectivity index (χ4v) is 4.37. The van der Waals surface area contributed by atoms with Crippen LogP contribution in [-0.4, -0.2) is 31.8 Å². The summed E-state index contributed by atoms with van der Waals surface area (Å²) in [5.41, 5.74) is 1.19. The van der Waals surface area contributed by atoms with Crippen LogP contribution < -0.4 is 10.2 Å². The summed E-state index contributed by atoms with van der Waals surface area (Å²) in [5.74, 6) is -1.78. The zero-order valence-electron chi connectivity index (χ0n) is 21.7. The van der Waals surface area contributed by atoms with E-state index in [1.807, 2.05) is 30.3 Å². The molecule has 7 nitrogen and oxygen atoms in total. The SMILES string of the molecule is C[C@H](NC(=O)[C@@](C)(c1cccnc1)N(C(=O)[C@@](C)(O)S)c1ccc(-c2ccccc2)nc1)c1ccc(F)cc1. The lowest BCUT2D eigenvalue weighted by Gasteiger charge is -2.42. The van der Waals surface area contributed by atoms with Crippen molar-refractivity contribution in [1.29, 1.82) is 0 Å². The molecule has 39 heavy (non-hydrogen) atoms. The Hall–Kier alpha value is -4.08. The van der Waals surface area contributed by atoms with Crippen LogP contribution in [0, 0.1) is 5.82 Å². The molecular formula is C30H29FN4O3S. The molecule has 2 amide bonds. The minimum atomic E-state index is -2.12. The predicted octanol–water partition coefficient (Wildman–Crippen LogP) is 5.05. The van der Waals surface area contributed by atoms with Crippen molar-refractivity contribution in [3.8, 4) is 11.3 Å². The van der Waals surface area contributed by atoms with Gasteiger partial charge in [-0.05, 0) is 56.7 Å². The molecule has 0 fully saturated rings. The van der Waals surface area contributed by atoms with Crippen LogP contribution in [0.2, 0.25) is 0 Å². The molecule has 0 spiro atoms. The van der Waals surface area contributed by atoms with Gasteiger partial charge in [0.15, 0.2) is 10.5 Å². The van der Waals surface area contributed by atoms with Crippen LogP contribution in [0.1, 0.15) is 37.9 Å². The minimum Gasteiger partial charge on any atom is -0.371 e. The summed E-state index contributed by atoms with van der Waals surface area (Å²) < 4.78 is 13.5. The molecule has 2 heterocycles. The van der Waals surface area contributed by atoms with E-state index in [9.17, 15) is 19.1 Å². The summed E-state index contributed by atoms with van der Waals surface area (Å²) in [7, 11) is 0. The molecule has 0 saturated carbocycles. The van der Waals surface area contributed by atoms with E-state index in [0.717, 1.165) is 5.56 Å². The number of benzene rings is 2. The Kier molecular flexibility index (Phi) is 8.13. The summed E-state index contributed by atoms with van der Waals surface area (Å²) in [6, 6.07) is 21.5. The van der Waals surface area contributed by atoms with Crippen molar-refractivity contribution >= 4 is 30.1 Å². The lowest BCUT2D eigenvalue weighted by molar-refractivity contribution is -0.135. The van der Waals surface area contributed by atoms with E-state index in [1.165, 1.54) is 36.4 Å². The predicted molar refractivity (Wildman–Crippen MR) is 151 cm³/mol. The average Bonchev–Trinajstić information content (AvgIpc) is 2.94. The van der Waals surface area contributed by atoms with E-state index in [4.69, 9.17) is 0 Å². The van der Waals surface area contributed by atoms with Gasteiger partial charge in [0.25, 0.3) is 11.8 Å². The molecule has 0 aliphatic rings. The van der Waals surface area contributed by atoms with E-state index >= 15 is 0 Å². The zero-order valence-corrected chi connectivity index (χ0v) is 22.6. The summed E-state index contributed by atoms with van der Waals surface area (Å²) in [6.45, 7) is 4.56. The zero-order chi connectivity index (χ0) is 28.2. The third kappa shape index (κ3) is 6.00. The van der Waals surface area contributed by atoms with Crippen molar-refractivity contribution in [2.45, 2.75) is 37.3 Å². The molecule has 0 unspecified atom stereocenters.